The fourth-order valence-electron chi connectivity index (χ4n) is 3.61. The van der Waals surface area contributed by atoms with Crippen LogP contribution in [-0.2, 0) is 21.4 Å². The summed E-state index contributed by atoms with van der Waals surface area (Å²) >= 11 is 1.69. The Kier molecular flexibility index (Phi) is 8.16. The molecular weight excluding hydrogens is 430 g/mol. The summed E-state index contributed by atoms with van der Waals surface area (Å²) in [6.07, 6.45) is 2.75. The second-order valence-corrected chi connectivity index (χ2v) is 10.8. The zero-order valence-electron chi connectivity index (χ0n) is 18.5. The molecule has 0 aliphatic carbocycles. The first-order chi connectivity index (χ1) is 14.8. The molecule has 1 amide bonds. The zero-order valence-corrected chi connectivity index (χ0v) is 20.1. The topological polar surface area (TPSA) is 60.9 Å². The number of carbonyl (C=O) groups is 1. The minimum Gasteiger partial charge on any atom is -0.340 e. The van der Waals surface area contributed by atoms with Crippen LogP contribution in [0.25, 0.3) is 0 Å². The second kappa shape index (κ2) is 10.6. The Balaban J connectivity index is 1.55. The number of aryl methyl sites for hydroxylation is 1. The van der Waals surface area contributed by atoms with Gasteiger partial charge in [-0.3, -0.25) is 9.69 Å². The number of hydrogen-bond acceptors (Lipinski definition) is 5. The first kappa shape index (κ1) is 23.8. The van der Waals surface area contributed by atoms with Crippen LogP contribution >= 0.6 is 11.8 Å². The Morgan fingerprint density at radius 3 is 2.32 bits per heavy atom. The van der Waals surface area contributed by atoms with Gasteiger partial charge in [0.1, 0.15) is 0 Å². The Morgan fingerprint density at radius 1 is 1.00 bits per heavy atom. The lowest BCUT2D eigenvalue weighted by atomic mass is 10.2. The Morgan fingerprint density at radius 2 is 1.68 bits per heavy atom. The molecule has 0 bridgehead atoms. The number of thioether (sulfide) groups is 1. The largest absolute Gasteiger partial charge is 0.340 e. The van der Waals surface area contributed by atoms with Gasteiger partial charge in [0.25, 0.3) is 0 Å². The van der Waals surface area contributed by atoms with Gasteiger partial charge in [0.15, 0.2) is 0 Å². The van der Waals surface area contributed by atoms with Crippen molar-refractivity contribution >= 4 is 27.7 Å². The molecule has 0 atom stereocenters. The smallest absolute Gasteiger partial charge is 0.243 e. The summed E-state index contributed by atoms with van der Waals surface area (Å²) in [5.41, 5.74) is 2.13. The van der Waals surface area contributed by atoms with Crippen molar-refractivity contribution in [2.24, 2.45) is 0 Å². The number of amides is 1. The van der Waals surface area contributed by atoms with E-state index in [2.05, 4.69) is 29.2 Å². The summed E-state index contributed by atoms with van der Waals surface area (Å²) in [4.78, 5) is 18.1. The first-order valence-corrected chi connectivity index (χ1v) is 13.1. The van der Waals surface area contributed by atoms with Crippen LogP contribution in [0.3, 0.4) is 0 Å². The van der Waals surface area contributed by atoms with Gasteiger partial charge in [-0.15, -0.1) is 11.8 Å². The molecule has 6 nitrogen and oxygen atoms in total. The fraction of sp³-hybridized carbons (Fsp3) is 0.435. The average Bonchev–Trinajstić information content (AvgIpc) is 3.00. The molecule has 0 radical (unpaired) electrons. The number of hydrogen-bond donors (Lipinski definition) is 0. The SMILES string of the molecule is CSc1ccc(CN(C)C(=O)CN2CCCN(S(=O)(=O)c3ccc(C)cc3)CC2)cc1. The Hall–Kier alpha value is -1.87. The summed E-state index contributed by atoms with van der Waals surface area (Å²) in [5.74, 6) is 0.0452. The van der Waals surface area contributed by atoms with Crippen LogP contribution in [0.4, 0.5) is 0 Å². The number of rotatable bonds is 7. The highest BCUT2D eigenvalue weighted by atomic mass is 32.2. The van der Waals surface area contributed by atoms with E-state index in [1.807, 2.05) is 32.4 Å². The van der Waals surface area contributed by atoms with Crippen molar-refractivity contribution in [2.45, 2.75) is 29.7 Å². The van der Waals surface area contributed by atoms with Crippen LogP contribution in [0.1, 0.15) is 17.5 Å². The molecule has 3 rings (SSSR count). The molecule has 1 saturated heterocycles. The molecule has 0 N–H and O–H groups in total. The number of benzene rings is 2. The Labute approximate surface area is 190 Å². The van der Waals surface area contributed by atoms with Crippen molar-refractivity contribution in [1.29, 1.82) is 0 Å². The lowest BCUT2D eigenvalue weighted by Crippen LogP contribution is -2.40. The molecular formula is C23H31N3O3S2. The quantitative estimate of drug-likeness (QED) is 0.593. The molecule has 2 aromatic rings. The number of likely N-dealkylation sites (N-methyl/N-ethyl adjacent to an activating group) is 1. The van der Waals surface area contributed by atoms with Gasteiger partial charge in [-0.05, 0) is 56.0 Å². The Bertz CT molecular complexity index is 976. The summed E-state index contributed by atoms with van der Waals surface area (Å²) in [7, 11) is -1.69. The molecule has 2 aromatic carbocycles. The third-order valence-electron chi connectivity index (χ3n) is 5.57. The summed E-state index contributed by atoms with van der Waals surface area (Å²) in [5, 5.41) is 0. The van der Waals surface area contributed by atoms with Gasteiger partial charge in [0.05, 0.1) is 11.4 Å². The number of nitrogens with zero attached hydrogens (tertiary/aromatic N) is 3. The van der Waals surface area contributed by atoms with Crippen LogP contribution in [0, 0.1) is 6.92 Å². The van der Waals surface area contributed by atoms with Crippen molar-refractivity contribution in [2.75, 3.05) is 46.0 Å². The van der Waals surface area contributed by atoms with Gasteiger partial charge in [-0.25, -0.2) is 8.42 Å². The lowest BCUT2D eigenvalue weighted by molar-refractivity contribution is -0.131. The van der Waals surface area contributed by atoms with E-state index < -0.39 is 10.0 Å². The highest BCUT2D eigenvalue weighted by molar-refractivity contribution is 7.98. The van der Waals surface area contributed by atoms with Crippen molar-refractivity contribution < 1.29 is 13.2 Å². The molecule has 8 heteroatoms. The third kappa shape index (κ3) is 6.32. The van der Waals surface area contributed by atoms with Crippen LogP contribution < -0.4 is 0 Å². The van der Waals surface area contributed by atoms with Crippen LogP contribution in [-0.4, -0.2) is 74.5 Å². The van der Waals surface area contributed by atoms with Crippen LogP contribution in [0.15, 0.2) is 58.3 Å². The van der Waals surface area contributed by atoms with E-state index in [1.54, 1.807) is 33.1 Å². The first-order valence-electron chi connectivity index (χ1n) is 10.5. The van der Waals surface area contributed by atoms with Gasteiger partial charge in [0.2, 0.25) is 15.9 Å². The number of sulfonamides is 1. The van der Waals surface area contributed by atoms with E-state index in [1.165, 1.54) is 4.90 Å². The second-order valence-electron chi connectivity index (χ2n) is 7.94. The normalized spacial score (nSPS) is 16.1. The zero-order chi connectivity index (χ0) is 22.4. The highest BCUT2D eigenvalue weighted by Crippen LogP contribution is 2.19. The average molecular weight is 462 g/mol. The standard InChI is InChI=1S/C23H31N3O3S2/c1-19-5-11-22(12-6-19)31(28,29)26-14-4-13-25(15-16-26)18-23(27)24(2)17-20-7-9-21(30-3)10-8-20/h5-12H,4,13-18H2,1-3H3. The van der Waals surface area contributed by atoms with Crippen molar-refractivity contribution in [3.05, 3.63) is 59.7 Å². The van der Waals surface area contributed by atoms with Crippen molar-refractivity contribution in [3.63, 3.8) is 0 Å². The molecule has 1 aliphatic heterocycles. The lowest BCUT2D eigenvalue weighted by Gasteiger charge is -2.24. The summed E-state index contributed by atoms with van der Waals surface area (Å²) < 4.78 is 27.5. The van der Waals surface area contributed by atoms with Crippen molar-refractivity contribution in [3.8, 4) is 0 Å². The minimum atomic E-state index is -3.51. The van der Waals surface area contributed by atoms with Gasteiger partial charge < -0.3 is 4.90 Å². The van der Waals surface area contributed by atoms with Crippen LogP contribution in [0.2, 0.25) is 0 Å². The van der Waals surface area contributed by atoms with Gasteiger partial charge in [-0.1, -0.05) is 29.8 Å². The predicted molar refractivity (Wildman–Crippen MR) is 126 cm³/mol. The molecule has 1 fully saturated rings. The number of carbonyl (C=O) groups excluding carboxylic acids is 1. The van der Waals surface area contributed by atoms with Crippen molar-refractivity contribution in [1.82, 2.24) is 14.1 Å². The monoisotopic (exact) mass is 461 g/mol. The van der Waals surface area contributed by atoms with E-state index in [4.69, 9.17) is 0 Å². The fourth-order valence-corrected chi connectivity index (χ4v) is 5.49. The molecule has 1 heterocycles. The molecule has 31 heavy (non-hydrogen) atoms. The maximum Gasteiger partial charge on any atom is 0.243 e. The molecule has 1 aliphatic rings. The van der Waals surface area contributed by atoms with Gasteiger partial charge in [0, 0.05) is 38.1 Å². The summed E-state index contributed by atoms with van der Waals surface area (Å²) in [6, 6.07) is 15.2. The predicted octanol–water partition coefficient (Wildman–Crippen LogP) is 3.07. The van der Waals surface area contributed by atoms with E-state index in [9.17, 15) is 13.2 Å². The van der Waals surface area contributed by atoms with E-state index >= 15 is 0 Å². The van der Waals surface area contributed by atoms with Gasteiger partial charge in [-0.2, -0.15) is 4.31 Å². The van der Waals surface area contributed by atoms with E-state index in [-0.39, 0.29) is 5.91 Å². The van der Waals surface area contributed by atoms with Crippen LogP contribution in [0.5, 0.6) is 0 Å². The van der Waals surface area contributed by atoms with Gasteiger partial charge >= 0.3 is 0 Å². The molecule has 0 aromatic heterocycles. The minimum absolute atomic E-state index is 0.0452. The highest BCUT2D eigenvalue weighted by Gasteiger charge is 2.27. The molecule has 0 saturated carbocycles. The maximum absolute atomic E-state index is 13.0. The maximum atomic E-state index is 13.0. The molecule has 168 valence electrons. The third-order valence-corrected chi connectivity index (χ3v) is 8.23. The molecule has 0 spiro atoms. The summed E-state index contributed by atoms with van der Waals surface area (Å²) in [6.45, 7) is 4.93. The molecule has 0 unspecified atom stereocenters. The van der Waals surface area contributed by atoms with E-state index in [0.717, 1.165) is 11.1 Å². The van der Waals surface area contributed by atoms with E-state index in [0.29, 0.717) is 50.6 Å².